The van der Waals surface area contributed by atoms with Crippen LogP contribution in [0, 0.1) is 5.92 Å². The van der Waals surface area contributed by atoms with Crippen LogP contribution in [0.4, 0.5) is 0 Å². The third-order valence-corrected chi connectivity index (χ3v) is 7.80. The summed E-state index contributed by atoms with van der Waals surface area (Å²) in [6.07, 6.45) is 0.274. The average Bonchev–Trinajstić information content (AvgIpc) is 2.76. The maximum absolute atomic E-state index is 13.5. The molecule has 0 saturated carbocycles. The van der Waals surface area contributed by atoms with Gasteiger partial charge in [-0.1, -0.05) is 20.8 Å². The van der Waals surface area contributed by atoms with Gasteiger partial charge in [-0.15, -0.1) is 0 Å². The molecule has 1 amide bonds. The molecule has 1 N–H and O–H groups in total. The summed E-state index contributed by atoms with van der Waals surface area (Å²) in [5, 5.41) is 3.03. The number of ether oxygens (including phenoxy) is 4. The molecular weight excluding hydrogens is 448 g/mol. The van der Waals surface area contributed by atoms with Crippen LogP contribution in [0.1, 0.15) is 46.6 Å². The van der Waals surface area contributed by atoms with Crippen LogP contribution in [0.5, 0.6) is 11.5 Å². The predicted molar refractivity (Wildman–Crippen MR) is 123 cm³/mol. The molecule has 2 heterocycles. The van der Waals surface area contributed by atoms with Gasteiger partial charge in [0.05, 0.1) is 10.9 Å². The molecule has 9 nitrogen and oxygen atoms in total. The van der Waals surface area contributed by atoms with Crippen LogP contribution in [0.3, 0.4) is 0 Å². The number of benzene rings is 1. The Bertz CT molecular complexity index is 929. The number of likely N-dealkylation sites (N-methyl/N-ethyl adjacent to an activating group) is 1. The fraction of sp³-hybridized carbons (Fsp3) is 0.696. The number of amides is 1. The Morgan fingerprint density at radius 3 is 2.27 bits per heavy atom. The van der Waals surface area contributed by atoms with Crippen molar-refractivity contribution in [2.75, 3.05) is 33.0 Å². The predicted octanol–water partition coefficient (Wildman–Crippen LogP) is 2.32. The molecule has 2 aliphatic rings. The molecule has 0 unspecified atom stereocenters. The molecule has 2 atom stereocenters. The molecule has 3 rings (SSSR count). The van der Waals surface area contributed by atoms with Gasteiger partial charge < -0.3 is 24.3 Å². The minimum atomic E-state index is -3.89. The summed E-state index contributed by atoms with van der Waals surface area (Å²) in [5.41, 5.74) is 0.552. The smallest absolute Gasteiger partial charge is 0.244 e. The summed E-state index contributed by atoms with van der Waals surface area (Å²) in [6.45, 7) is 11.4. The molecule has 0 radical (unpaired) electrons. The Kier molecular flexibility index (Phi) is 8.60. The van der Waals surface area contributed by atoms with E-state index in [-0.39, 0.29) is 29.7 Å². The van der Waals surface area contributed by atoms with E-state index in [0.717, 1.165) is 0 Å². The number of hydrogen-bond donors (Lipinski definition) is 1. The lowest BCUT2D eigenvalue weighted by Crippen LogP contribution is -2.57. The standard InChI is InChI=1S/C23H36N2O7S/c1-6-25-18(22(26)24-17(11-15(4)5)23(29-7-2)30-8-3)12-16-13-19-20(32-10-9-31-19)14-21(16)33(25,27)28/h13-15,17-18,23H,6-12H2,1-5H3,(H,24,26)/t17-,18+/m0/s1. The number of carbonyl (C=O) groups is 1. The lowest BCUT2D eigenvalue weighted by molar-refractivity contribution is -0.161. The van der Waals surface area contributed by atoms with E-state index in [1.54, 1.807) is 13.0 Å². The summed E-state index contributed by atoms with van der Waals surface area (Å²) < 4.78 is 50.8. The maximum atomic E-state index is 13.5. The van der Waals surface area contributed by atoms with E-state index in [1.165, 1.54) is 10.4 Å². The average molecular weight is 485 g/mol. The molecule has 0 fully saturated rings. The first-order chi connectivity index (χ1) is 15.7. The Balaban J connectivity index is 1.91. The fourth-order valence-electron chi connectivity index (χ4n) is 4.36. The van der Waals surface area contributed by atoms with E-state index in [2.05, 4.69) is 19.2 Å². The van der Waals surface area contributed by atoms with Gasteiger partial charge in [0.15, 0.2) is 17.8 Å². The molecule has 0 saturated heterocycles. The largest absolute Gasteiger partial charge is 0.486 e. The SMILES string of the molecule is CCOC(OCC)[C@H](CC(C)C)NC(=O)[C@H]1Cc2cc3c(cc2S(=O)(=O)N1CC)OCCO3. The first-order valence-corrected chi connectivity index (χ1v) is 13.1. The van der Waals surface area contributed by atoms with E-state index in [9.17, 15) is 13.2 Å². The van der Waals surface area contributed by atoms with Gasteiger partial charge in [0.1, 0.15) is 19.3 Å². The lowest BCUT2D eigenvalue weighted by Gasteiger charge is -2.37. The minimum absolute atomic E-state index is 0.165. The topological polar surface area (TPSA) is 103 Å². The van der Waals surface area contributed by atoms with Gasteiger partial charge in [0, 0.05) is 25.8 Å². The van der Waals surface area contributed by atoms with Crippen LogP contribution in [-0.2, 0) is 30.7 Å². The molecule has 0 aromatic heterocycles. The summed E-state index contributed by atoms with van der Waals surface area (Å²) in [5.74, 6) is 0.831. The van der Waals surface area contributed by atoms with Gasteiger partial charge in [-0.2, -0.15) is 4.31 Å². The molecule has 0 spiro atoms. The lowest BCUT2D eigenvalue weighted by atomic mass is 10.0. The van der Waals surface area contributed by atoms with Crippen LogP contribution >= 0.6 is 0 Å². The second kappa shape index (κ2) is 11.0. The van der Waals surface area contributed by atoms with Crippen molar-refractivity contribution in [2.45, 2.75) is 70.7 Å². The Morgan fingerprint density at radius 2 is 1.73 bits per heavy atom. The highest BCUT2D eigenvalue weighted by molar-refractivity contribution is 7.89. The fourth-order valence-corrected chi connectivity index (χ4v) is 6.19. The van der Waals surface area contributed by atoms with Crippen molar-refractivity contribution in [3.8, 4) is 11.5 Å². The second-order valence-corrected chi connectivity index (χ2v) is 10.4. The highest BCUT2D eigenvalue weighted by Crippen LogP contribution is 2.39. The molecule has 186 valence electrons. The van der Waals surface area contributed by atoms with Gasteiger partial charge >= 0.3 is 0 Å². The van der Waals surface area contributed by atoms with Crippen molar-refractivity contribution >= 4 is 15.9 Å². The van der Waals surface area contributed by atoms with E-state index in [0.29, 0.717) is 49.9 Å². The zero-order valence-corrected chi connectivity index (χ0v) is 20.9. The van der Waals surface area contributed by atoms with Crippen LogP contribution in [0.2, 0.25) is 0 Å². The zero-order valence-electron chi connectivity index (χ0n) is 20.1. The summed E-state index contributed by atoms with van der Waals surface area (Å²) in [7, 11) is -3.89. The van der Waals surface area contributed by atoms with Crippen LogP contribution in [0.15, 0.2) is 17.0 Å². The molecule has 1 aromatic carbocycles. The maximum Gasteiger partial charge on any atom is 0.244 e. The van der Waals surface area contributed by atoms with Crippen molar-refractivity contribution in [1.29, 1.82) is 0 Å². The highest BCUT2D eigenvalue weighted by atomic mass is 32.2. The van der Waals surface area contributed by atoms with Crippen LogP contribution in [-0.4, -0.2) is 70.0 Å². The van der Waals surface area contributed by atoms with Gasteiger partial charge in [-0.3, -0.25) is 4.79 Å². The third kappa shape index (κ3) is 5.62. The van der Waals surface area contributed by atoms with Crippen molar-refractivity contribution in [1.82, 2.24) is 9.62 Å². The second-order valence-electron chi connectivity index (χ2n) is 8.56. The Labute approximate surface area is 196 Å². The number of fused-ring (bicyclic) bond motifs is 2. The van der Waals surface area contributed by atoms with Crippen LogP contribution < -0.4 is 14.8 Å². The molecule has 33 heavy (non-hydrogen) atoms. The summed E-state index contributed by atoms with van der Waals surface area (Å²) >= 11 is 0. The van der Waals surface area contributed by atoms with Gasteiger partial charge in [0.2, 0.25) is 15.9 Å². The summed E-state index contributed by atoms with van der Waals surface area (Å²) in [4.78, 5) is 13.6. The molecule has 1 aromatic rings. The number of carbonyl (C=O) groups excluding carboxylic acids is 1. The van der Waals surface area contributed by atoms with E-state index >= 15 is 0 Å². The quantitative estimate of drug-likeness (QED) is 0.508. The van der Waals surface area contributed by atoms with E-state index < -0.39 is 28.4 Å². The summed E-state index contributed by atoms with van der Waals surface area (Å²) in [6, 6.07) is 1.91. The first kappa shape index (κ1) is 25.7. The Morgan fingerprint density at radius 1 is 1.12 bits per heavy atom. The number of rotatable bonds is 10. The van der Waals surface area contributed by atoms with Crippen molar-refractivity contribution in [3.63, 3.8) is 0 Å². The highest BCUT2D eigenvalue weighted by Gasteiger charge is 2.43. The van der Waals surface area contributed by atoms with Crippen molar-refractivity contribution in [2.24, 2.45) is 5.92 Å². The van der Waals surface area contributed by atoms with Gasteiger partial charge in [-0.25, -0.2) is 8.42 Å². The third-order valence-electron chi connectivity index (χ3n) is 5.73. The molecule has 2 aliphatic heterocycles. The monoisotopic (exact) mass is 484 g/mol. The van der Waals surface area contributed by atoms with Crippen molar-refractivity contribution < 1.29 is 32.2 Å². The number of nitrogens with zero attached hydrogens (tertiary/aromatic N) is 1. The molecule has 10 heteroatoms. The number of nitrogens with one attached hydrogen (secondary N) is 1. The van der Waals surface area contributed by atoms with E-state index in [4.69, 9.17) is 18.9 Å². The normalized spacial score (nSPS) is 20.5. The minimum Gasteiger partial charge on any atom is -0.486 e. The zero-order chi connectivity index (χ0) is 24.2. The first-order valence-electron chi connectivity index (χ1n) is 11.7. The van der Waals surface area contributed by atoms with Crippen molar-refractivity contribution in [3.05, 3.63) is 17.7 Å². The Hall–Kier alpha value is -1.88. The molecule has 0 aliphatic carbocycles. The number of sulfonamides is 1. The van der Waals surface area contributed by atoms with Gasteiger partial charge in [-0.05, 0) is 44.2 Å². The van der Waals surface area contributed by atoms with Gasteiger partial charge in [0.25, 0.3) is 0 Å². The van der Waals surface area contributed by atoms with Crippen LogP contribution in [0.25, 0.3) is 0 Å². The van der Waals surface area contributed by atoms with E-state index in [1.807, 2.05) is 13.8 Å². The molecule has 0 bridgehead atoms. The molecular formula is C23H36N2O7S. The number of hydrogen-bond acceptors (Lipinski definition) is 7.